The number of nitrogen functional groups attached to an aromatic ring is 1. The Balaban J connectivity index is 1.64. The maximum atomic E-state index is 14.7. The van der Waals surface area contributed by atoms with E-state index in [0.29, 0.717) is 41.3 Å². The summed E-state index contributed by atoms with van der Waals surface area (Å²) in [5.41, 5.74) is 13.7. The smallest absolute Gasteiger partial charge is 0.298 e. The molecule has 6 rings (SSSR count). The number of rotatable bonds is 3. The molecule has 2 fully saturated rings. The van der Waals surface area contributed by atoms with E-state index in [1.165, 1.54) is 0 Å². The van der Waals surface area contributed by atoms with Crippen LogP contribution in [0.3, 0.4) is 0 Å². The van der Waals surface area contributed by atoms with Crippen LogP contribution in [0.4, 0.5) is 20.5 Å². The maximum absolute atomic E-state index is 14.7. The number of pyridine rings is 1. The number of hydrogen-bond acceptors (Lipinski definition) is 6. The predicted molar refractivity (Wildman–Crippen MR) is 123 cm³/mol. The normalized spacial score (nSPS) is 18.7. The summed E-state index contributed by atoms with van der Waals surface area (Å²) in [4.78, 5) is 20.0. The zero-order chi connectivity index (χ0) is 23.0. The first-order valence-electron chi connectivity index (χ1n) is 11.1. The zero-order valence-corrected chi connectivity index (χ0v) is 18.1. The molecule has 0 radical (unpaired) electrons. The van der Waals surface area contributed by atoms with Crippen LogP contribution in [-0.2, 0) is 0 Å². The quantitative estimate of drug-likeness (QED) is 0.459. The van der Waals surface area contributed by atoms with Crippen molar-refractivity contribution in [1.29, 1.82) is 0 Å². The van der Waals surface area contributed by atoms with Gasteiger partial charge in [-0.1, -0.05) is 6.07 Å². The molecule has 0 spiro atoms. The predicted octanol–water partition coefficient (Wildman–Crippen LogP) is 3.85. The number of aryl methyl sites for hydroxylation is 1. The fourth-order valence-electron chi connectivity index (χ4n) is 4.88. The number of anilines is 2. The molecule has 1 saturated heterocycles. The first-order chi connectivity index (χ1) is 15.8. The maximum Gasteiger partial charge on any atom is 0.298 e. The SMILES string of the molecule is Cc1c(-c2cc(F)c(N)cc2F)ccc2c3oc(N4CCC(N)C4)nc3c(=O)n(C3CC3)c12. The van der Waals surface area contributed by atoms with Crippen LogP contribution in [-0.4, -0.2) is 28.7 Å². The van der Waals surface area contributed by atoms with Gasteiger partial charge in [-0.15, -0.1) is 0 Å². The molecular formula is C24H23F2N5O2. The van der Waals surface area contributed by atoms with E-state index in [9.17, 15) is 13.6 Å². The molecular weight excluding hydrogens is 428 g/mol. The minimum absolute atomic E-state index is 0.0416. The fourth-order valence-corrected chi connectivity index (χ4v) is 4.88. The van der Waals surface area contributed by atoms with Gasteiger partial charge in [0.1, 0.15) is 11.6 Å². The number of aromatic nitrogens is 2. The lowest BCUT2D eigenvalue weighted by Gasteiger charge is -2.16. The van der Waals surface area contributed by atoms with Gasteiger partial charge in [0, 0.05) is 42.2 Å². The molecule has 2 aliphatic rings. The number of nitrogens with zero attached hydrogens (tertiary/aromatic N) is 3. The standard InChI is InChI=1S/C24H23F2N5O2/c1-11-14(16-8-18(26)19(28)9-17(16)25)4-5-15-21(11)31(13-2-3-13)23(32)20-22(15)33-24(29-20)30-7-6-12(27)10-30/h4-5,8-9,12-13H,2-3,6-7,10,27-28H2,1H3. The Morgan fingerprint density at radius 3 is 2.61 bits per heavy atom. The molecule has 0 bridgehead atoms. The number of benzene rings is 2. The third kappa shape index (κ3) is 3.02. The van der Waals surface area contributed by atoms with Crippen molar-refractivity contribution in [1.82, 2.24) is 9.55 Å². The summed E-state index contributed by atoms with van der Waals surface area (Å²) in [7, 11) is 0. The Labute approximate surface area is 187 Å². The summed E-state index contributed by atoms with van der Waals surface area (Å²) in [5.74, 6) is -1.31. The van der Waals surface area contributed by atoms with E-state index in [1.807, 2.05) is 11.8 Å². The lowest BCUT2D eigenvalue weighted by molar-refractivity contribution is 0.585. The van der Waals surface area contributed by atoms with Crippen molar-refractivity contribution in [2.75, 3.05) is 23.7 Å². The lowest BCUT2D eigenvalue weighted by atomic mass is 9.96. The summed E-state index contributed by atoms with van der Waals surface area (Å²) in [6, 6.07) is 6.07. The Morgan fingerprint density at radius 1 is 1.12 bits per heavy atom. The summed E-state index contributed by atoms with van der Waals surface area (Å²) in [5, 5.41) is 0.719. The summed E-state index contributed by atoms with van der Waals surface area (Å²) in [6.45, 7) is 3.15. The van der Waals surface area contributed by atoms with E-state index in [1.54, 1.807) is 16.7 Å². The number of fused-ring (bicyclic) bond motifs is 3. The Morgan fingerprint density at radius 2 is 1.91 bits per heavy atom. The molecule has 3 heterocycles. The average Bonchev–Trinajstić information content (AvgIpc) is 3.35. The van der Waals surface area contributed by atoms with Crippen LogP contribution >= 0.6 is 0 Å². The Hall–Kier alpha value is -3.46. The highest BCUT2D eigenvalue weighted by atomic mass is 19.1. The summed E-state index contributed by atoms with van der Waals surface area (Å²) >= 11 is 0. The molecule has 33 heavy (non-hydrogen) atoms. The van der Waals surface area contributed by atoms with Gasteiger partial charge < -0.3 is 25.4 Å². The van der Waals surface area contributed by atoms with Crippen molar-refractivity contribution in [2.24, 2.45) is 5.73 Å². The van der Waals surface area contributed by atoms with Crippen molar-refractivity contribution in [3.05, 3.63) is 51.8 Å². The molecule has 1 atom stereocenters. The number of nitrogens with two attached hydrogens (primary N) is 2. The molecule has 2 aromatic heterocycles. The molecule has 1 saturated carbocycles. The topological polar surface area (TPSA) is 103 Å². The van der Waals surface area contributed by atoms with Crippen LogP contribution in [0.2, 0.25) is 0 Å². The number of halogens is 2. The average molecular weight is 451 g/mol. The largest absolute Gasteiger partial charge is 0.422 e. The van der Waals surface area contributed by atoms with Crippen LogP contribution < -0.4 is 21.9 Å². The molecule has 4 N–H and O–H groups in total. The molecule has 2 aromatic carbocycles. The third-order valence-corrected chi connectivity index (χ3v) is 6.74. The van der Waals surface area contributed by atoms with Crippen molar-refractivity contribution >= 4 is 33.7 Å². The highest BCUT2D eigenvalue weighted by molar-refractivity contribution is 6.04. The Bertz CT molecular complexity index is 1510. The number of hydrogen-bond donors (Lipinski definition) is 2. The highest BCUT2D eigenvalue weighted by Gasteiger charge is 2.31. The molecule has 1 aliphatic carbocycles. The highest BCUT2D eigenvalue weighted by Crippen LogP contribution is 2.41. The summed E-state index contributed by atoms with van der Waals surface area (Å²) < 4.78 is 36.8. The van der Waals surface area contributed by atoms with Gasteiger partial charge in [-0.25, -0.2) is 8.78 Å². The molecule has 170 valence electrons. The first kappa shape index (κ1) is 20.2. The van der Waals surface area contributed by atoms with Crippen LogP contribution in [0, 0.1) is 18.6 Å². The van der Waals surface area contributed by atoms with E-state index in [4.69, 9.17) is 15.9 Å². The van der Waals surface area contributed by atoms with Crippen LogP contribution in [0.1, 0.15) is 30.9 Å². The van der Waals surface area contributed by atoms with Gasteiger partial charge in [0.25, 0.3) is 11.6 Å². The van der Waals surface area contributed by atoms with Crippen LogP contribution in [0.5, 0.6) is 0 Å². The Kier molecular flexibility index (Phi) is 4.29. The molecule has 1 unspecified atom stereocenters. The van der Waals surface area contributed by atoms with E-state index in [-0.39, 0.29) is 34.4 Å². The van der Waals surface area contributed by atoms with Gasteiger partial charge in [0.15, 0.2) is 11.1 Å². The van der Waals surface area contributed by atoms with Gasteiger partial charge >= 0.3 is 0 Å². The first-order valence-corrected chi connectivity index (χ1v) is 11.1. The number of oxazole rings is 1. The monoisotopic (exact) mass is 451 g/mol. The van der Waals surface area contributed by atoms with Gasteiger partial charge in [0.2, 0.25) is 0 Å². The van der Waals surface area contributed by atoms with E-state index >= 15 is 0 Å². The summed E-state index contributed by atoms with van der Waals surface area (Å²) in [6.07, 6.45) is 2.58. The van der Waals surface area contributed by atoms with Gasteiger partial charge in [-0.2, -0.15) is 4.98 Å². The second-order valence-electron chi connectivity index (χ2n) is 9.06. The van der Waals surface area contributed by atoms with Gasteiger partial charge in [-0.3, -0.25) is 4.79 Å². The molecule has 0 amide bonds. The van der Waals surface area contributed by atoms with Crippen LogP contribution in [0.25, 0.3) is 33.1 Å². The fraction of sp³-hybridized carbons (Fsp3) is 0.333. The van der Waals surface area contributed by atoms with E-state index < -0.39 is 11.6 Å². The zero-order valence-electron chi connectivity index (χ0n) is 18.1. The second-order valence-corrected chi connectivity index (χ2v) is 9.06. The van der Waals surface area contributed by atoms with Crippen molar-refractivity contribution < 1.29 is 13.2 Å². The third-order valence-electron chi connectivity index (χ3n) is 6.74. The van der Waals surface area contributed by atoms with Crippen LogP contribution in [0.15, 0.2) is 33.5 Å². The second kappa shape index (κ2) is 7.02. The minimum Gasteiger partial charge on any atom is -0.422 e. The lowest BCUT2D eigenvalue weighted by Crippen LogP contribution is -2.26. The van der Waals surface area contributed by atoms with E-state index in [0.717, 1.165) is 36.8 Å². The minimum atomic E-state index is -0.690. The van der Waals surface area contributed by atoms with Crippen molar-refractivity contribution in [2.45, 2.75) is 38.3 Å². The van der Waals surface area contributed by atoms with Crippen molar-refractivity contribution in [3.63, 3.8) is 0 Å². The molecule has 7 nitrogen and oxygen atoms in total. The molecule has 1 aliphatic heterocycles. The molecule has 9 heteroatoms. The van der Waals surface area contributed by atoms with Gasteiger partial charge in [0.05, 0.1) is 11.2 Å². The van der Waals surface area contributed by atoms with Gasteiger partial charge in [-0.05, 0) is 49.4 Å². The van der Waals surface area contributed by atoms with Crippen molar-refractivity contribution in [3.8, 4) is 11.1 Å². The van der Waals surface area contributed by atoms with E-state index in [2.05, 4.69) is 4.98 Å². The molecule has 4 aromatic rings.